The van der Waals surface area contributed by atoms with Gasteiger partial charge in [0.2, 0.25) is 65.0 Å². The summed E-state index contributed by atoms with van der Waals surface area (Å²) >= 11 is 4.20. The van der Waals surface area contributed by atoms with Crippen molar-refractivity contribution in [1.82, 2.24) is 68.0 Å². The molecule has 100 heavy (non-hydrogen) atoms. The van der Waals surface area contributed by atoms with Crippen molar-refractivity contribution >= 4 is 95.6 Å². The number of carboxylic acids is 1. The molecule has 2 aliphatic rings. The van der Waals surface area contributed by atoms with E-state index in [0.29, 0.717) is 18.5 Å². The average Bonchev–Trinajstić information content (AvgIpc) is 1.62. The first-order valence-electron chi connectivity index (χ1n) is 33.7. The first-order valence-corrected chi connectivity index (χ1v) is 34.3. The summed E-state index contributed by atoms with van der Waals surface area (Å²) < 4.78 is 5.82. The van der Waals surface area contributed by atoms with Crippen LogP contribution in [-0.4, -0.2) is 196 Å². The van der Waals surface area contributed by atoms with Gasteiger partial charge < -0.3 is 90.1 Å². The van der Waals surface area contributed by atoms with Gasteiger partial charge in [0.25, 0.3) is 0 Å². The highest BCUT2D eigenvalue weighted by Crippen LogP contribution is 2.44. The van der Waals surface area contributed by atoms with E-state index in [9.17, 15) is 67.4 Å². The Morgan fingerprint density at radius 2 is 1.18 bits per heavy atom. The smallest absolute Gasteiger partial charge is 0.407 e. The number of nitrogens with one attached hydrogen (secondary N) is 11. The molecule has 1 saturated heterocycles. The summed E-state index contributed by atoms with van der Waals surface area (Å²) in [6.45, 7) is 12.8. The summed E-state index contributed by atoms with van der Waals surface area (Å²) in [7, 11) is 0. The normalized spacial score (nSPS) is 16.1. The van der Waals surface area contributed by atoms with Gasteiger partial charge in [-0.25, -0.2) is 9.78 Å². The summed E-state index contributed by atoms with van der Waals surface area (Å²) in [5.41, 5.74) is 20.9. The van der Waals surface area contributed by atoms with E-state index in [0.717, 1.165) is 22.3 Å². The molecule has 18 N–H and O–H groups in total. The highest BCUT2D eigenvalue weighted by atomic mass is 32.1. The van der Waals surface area contributed by atoms with Crippen molar-refractivity contribution < 1.29 is 72.2 Å². The standard InChI is InChI=1S/C67H99N17O15S/c1-9-37(7)55(64(96)80-47(26-36(5)6)59(91)78-46(25-35(3)4)58(90)73-30-52(68)85)82-60(92)48(28-54(87)88)79-61(93)50(33-100)76-53(86)31-74-57(89)45(21-15-23-72-66(69)70)77-63(95)56(38(8)10-2)83-62(94)51-22-16-24-84(51)65(97)49(27-39-29-71-34-75-39)81-67(98)99-32-44-42-19-13-11-17-40(42)41-18-12-14-20-43(41)44/h11-14,17-20,29,34-38,44-51,55-56,100H,9-10,15-16,21-28,30-33H2,1-8H3,(H2,68,85)(H,71,75)(H,73,90)(H,74,89)(H,76,86)(H,77,95)(H,78,91)(H,79,93)(H,80,96)(H,81,98)(H,82,92)(H,83,94)(H,87,88)(H4,69,70,72)/t37-,38-,45-,46-,47-,48-,49-,50-,51-,55-,56-/m0/s1. The third kappa shape index (κ3) is 24.6. The van der Waals surface area contributed by atoms with Crippen molar-refractivity contribution in [1.29, 1.82) is 0 Å². The number of H-pyrrole nitrogens is 1. The number of carbonyl (C=O) groups is 13. The molecule has 0 radical (unpaired) electrons. The van der Waals surface area contributed by atoms with Gasteiger partial charge >= 0.3 is 12.1 Å². The number of hydrogen-bond donors (Lipinski definition) is 16. The number of fused-ring (bicyclic) bond motifs is 3. The first kappa shape index (κ1) is 80.9. The number of rotatable bonds is 40. The molecular weight excluding hydrogens is 1310 g/mol. The lowest BCUT2D eigenvalue weighted by Crippen LogP contribution is -2.61. The van der Waals surface area contributed by atoms with Gasteiger partial charge in [-0.1, -0.05) is 117 Å². The molecule has 0 unspecified atom stereocenters. The maximum Gasteiger partial charge on any atom is 0.407 e. The van der Waals surface area contributed by atoms with E-state index in [-0.39, 0.29) is 88.4 Å². The zero-order chi connectivity index (χ0) is 73.9. The lowest BCUT2D eigenvalue weighted by Gasteiger charge is -2.31. The lowest BCUT2D eigenvalue weighted by molar-refractivity contribution is -0.142. The quantitative estimate of drug-likeness (QED) is 0.0149. The molecule has 0 saturated carbocycles. The van der Waals surface area contributed by atoms with Crippen molar-refractivity contribution in [2.24, 2.45) is 45.9 Å². The Hall–Kier alpha value is -9.82. The molecule has 548 valence electrons. The maximum absolute atomic E-state index is 14.6. The van der Waals surface area contributed by atoms with Crippen LogP contribution >= 0.6 is 12.6 Å². The number of carbonyl (C=O) groups excluding carboxylic acids is 12. The second-order valence-electron chi connectivity index (χ2n) is 26.0. The van der Waals surface area contributed by atoms with Gasteiger partial charge in [0.15, 0.2) is 5.96 Å². The van der Waals surface area contributed by atoms with Crippen LogP contribution in [0.5, 0.6) is 0 Å². The van der Waals surface area contributed by atoms with Crippen LogP contribution in [0.4, 0.5) is 4.79 Å². The van der Waals surface area contributed by atoms with Crippen molar-refractivity contribution in [2.45, 2.75) is 180 Å². The zero-order valence-electron chi connectivity index (χ0n) is 57.9. The Kier molecular flexibility index (Phi) is 32.1. The number of likely N-dealkylation sites (tertiary alicyclic amines) is 1. The monoisotopic (exact) mass is 1410 g/mol. The third-order valence-electron chi connectivity index (χ3n) is 17.3. The number of amides is 12. The Labute approximate surface area is 586 Å². The number of imidazole rings is 1. The molecule has 12 amide bonds. The van der Waals surface area contributed by atoms with Gasteiger partial charge in [-0.05, 0) is 84.5 Å². The minimum absolute atomic E-state index is 0.0175. The minimum Gasteiger partial charge on any atom is -0.481 e. The summed E-state index contributed by atoms with van der Waals surface area (Å²) in [6.07, 6.45) is 2.55. The van der Waals surface area contributed by atoms with Gasteiger partial charge in [0.05, 0.1) is 25.8 Å². The van der Waals surface area contributed by atoms with E-state index in [1.54, 1.807) is 41.5 Å². The predicted molar refractivity (Wildman–Crippen MR) is 372 cm³/mol. The van der Waals surface area contributed by atoms with E-state index < -0.39 is 169 Å². The molecule has 3 aromatic rings. The van der Waals surface area contributed by atoms with Gasteiger partial charge in [0.1, 0.15) is 61.0 Å². The van der Waals surface area contributed by atoms with E-state index >= 15 is 0 Å². The number of carboxylic acid groups (broad SMARTS) is 1. The molecule has 2 heterocycles. The molecule has 5 rings (SSSR count). The van der Waals surface area contributed by atoms with E-state index in [1.165, 1.54) is 17.4 Å². The fourth-order valence-electron chi connectivity index (χ4n) is 11.7. The molecule has 33 heteroatoms. The highest BCUT2D eigenvalue weighted by Gasteiger charge is 2.42. The fourth-order valence-corrected chi connectivity index (χ4v) is 11.9. The number of benzene rings is 2. The van der Waals surface area contributed by atoms with Crippen LogP contribution in [0, 0.1) is 23.7 Å². The van der Waals surface area contributed by atoms with Crippen LogP contribution in [0.1, 0.15) is 136 Å². The van der Waals surface area contributed by atoms with Gasteiger partial charge in [-0.3, -0.25) is 62.5 Å². The van der Waals surface area contributed by atoms with Crippen LogP contribution in [0.2, 0.25) is 0 Å². The number of aliphatic imine (C=N–C) groups is 1. The Balaban J connectivity index is 1.24. The van der Waals surface area contributed by atoms with Crippen LogP contribution in [0.15, 0.2) is 66.0 Å². The molecule has 1 aromatic heterocycles. The fraction of sp³-hybridized carbons (Fsp3) is 0.567. The van der Waals surface area contributed by atoms with E-state index in [1.807, 2.05) is 62.4 Å². The average molecular weight is 1410 g/mol. The number of guanidine groups is 1. The minimum atomic E-state index is -1.85. The number of aromatic nitrogens is 2. The molecule has 32 nitrogen and oxygen atoms in total. The van der Waals surface area contributed by atoms with Crippen molar-refractivity contribution in [3.05, 3.63) is 77.9 Å². The molecule has 0 bridgehead atoms. The summed E-state index contributed by atoms with van der Waals surface area (Å²) in [4.78, 5) is 189. The van der Waals surface area contributed by atoms with Gasteiger partial charge in [-0.2, -0.15) is 12.6 Å². The molecular formula is C67H99N17O15S. The third-order valence-corrected chi connectivity index (χ3v) is 17.7. The number of thiol groups is 1. The van der Waals surface area contributed by atoms with Crippen molar-refractivity contribution in [3.63, 3.8) is 0 Å². The number of ether oxygens (including phenoxy) is 1. The number of primary amides is 1. The van der Waals surface area contributed by atoms with Crippen LogP contribution in [0.3, 0.4) is 0 Å². The Morgan fingerprint density at radius 3 is 1.73 bits per heavy atom. The second kappa shape index (κ2) is 39.7. The van der Waals surface area contributed by atoms with Gasteiger partial charge in [-0.15, -0.1) is 0 Å². The summed E-state index contributed by atoms with van der Waals surface area (Å²) in [6, 6.07) is 3.54. The number of aromatic amines is 1. The van der Waals surface area contributed by atoms with Crippen LogP contribution in [-0.2, 0) is 68.7 Å². The topological polar surface area (TPSA) is 494 Å². The van der Waals surface area contributed by atoms with Crippen molar-refractivity contribution in [3.8, 4) is 11.1 Å². The molecule has 1 aliphatic heterocycles. The zero-order valence-corrected chi connectivity index (χ0v) is 58.7. The largest absolute Gasteiger partial charge is 0.481 e. The van der Waals surface area contributed by atoms with E-state index in [4.69, 9.17) is 21.9 Å². The Morgan fingerprint density at radius 1 is 0.650 bits per heavy atom. The maximum atomic E-state index is 14.6. The van der Waals surface area contributed by atoms with E-state index in [2.05, 4.69) is 80.8 Å². The molecule has 2 aromatic carbocycles. The number of nitrogens with zero attached hydrogens (tertiary/aromatic N) is 3. The number of alkyl carbamates (subject to hydrolysis) is 1. The van der Waals surface area contributed by atoms with Crippen molar-refractivity contribution in [2.75, 3.05) is 38.5 Å². The SMILES string of the molecule is CC[C@H](C)[C@H](NC(=O)[C@H](CC(=O)O)NC(=O)[C@H](CS)NC(=O)CNC(=O)[C@H](CCCN=C(N)N)NC(=O)[C@@H](NC(=O)[C@@H]1CCCN1C(=O)[C@H](Cc1cnc[nH]1)NC(=O)OCC1c2ccccc2-c2ccccc21)[C@@H](C)CC)C(=O)N[C@@H](CC(C)C)C(=O)N[C@@H](CC(C)C)C(=O)NCC(N)=O. The summed E-state index contributed by atoms with van der Waals surface area (Å²) in [5, 5.41) is 35.4. The second-order valence-corrected chi connectivity index (χ2v) is 26.4. The van der Waals surface area contributed by atoms with Gasteiger partial charge in [0, 0.05) is 43.1 Å². The molecule has 11 atom stereocenters. The number of nitrogens with two attached hydrogens (primary N) is 3. The van der Waals surface area contributed by atoms with Crippen LogP contribution < -0.4 is 70.4 Å². The predicted octanol–water partition coefficient (Wildman–Crippen LogP) is -0.396. The number of hydrogen-bond acceptors (Lipinski definition) is 17. The molecule has 1 aliphatic carbocycles. The summed E-state index contributed by atoms with van der Waals surface area (Å²) in [5.74, 6) is -13.1. The first-order chi connectivity index (χ1) is 47.5. The molecule has 1 fully saturated rings. The Bertz CT molecular complexity index is 3340. The van der Waals surface area contributed by atoms with Crippen LogP contribution in [0.25, 0.3) is 11.1 Å². The highest BCUT2D eigenvalue weighted by molar-refractivity contribution is 7.80. The lowest BCUT2D eigenvalue weighted by atomic mass is 9.96. The molecule has 0 spiro atoms. The number of aliphatic carboxylic acids is 1.